The topological polar surface area (TPSA) is 67.2 Å². The Hall–Kier alpha value is -3.32. The van der Waals surface area contributed by atoms with E-state index < -0.39 is 0 Å². The summed E-state index contributed by atoms with van der Waals surface area (Å²) in [6, 6.07) is 16.3. The summed E-state index contributed by atoms with van der Waals surface area (Å²) in [5.41, 5.74) is 3.06. The Morgan fingerprint density at radius 3 is 2.53 bits per heavy atom. The van der Waals surface area contributed by atoms with Crippen molar-refractivity contribution in [3.63, 3.8) is 0 Å². The second-order valence-electron chi connectivity index (χ2n) is 9.25. The number of hydrogen-bond acceptors (Lipinski definition) is 4. The Balaban J connectivity index is 1.46. The average molecular weight is 461 g/mol. The SMILES string of the molecule is O=C(Cn1c(-c2ccc(F)cc2)nc2c(c1=O)CCN(Cc1ccccc1)C2)NC1CCCC1. The van der Waals surface area contributed by atoms with Crippen LogP contribution in [0.5, 0.6) is 0 Å². The van der Waals surface area contributed by atoms with Crippen LogP contribution in [0.2, 0.25) is 0 Å². The van der Waals surface area contributed by atoms with Crippen molar-refractivity contribution in [2.75, 3.05) is 6.54 Å². The molecule has 0 radical (unpaired) electrons. The third-order valence-electron chi connectivity index (χ3n) is 6.77. The maximum absolute atomic E-state index is 13.6. The molecule has 7 heteroatoms. The fourth-order valence-electron chi connectivity index (χ4n) is 5.01. The molecule has 1 amide bonds. The van der Waals surface area contributed by atoms with Gasteiger partial charge in [0.05, 0.1) is 5.69 Å². The van der Waals surface area contributed by atoms with E-state index in [-0.39, 0.29) is 29.9 Å². The summed E-state index contributed by atoms with van der Waals surface area (Å²) in [6.07, 6.45) is 4.77. The summed E-state index contributed by atoms with van der Waals surface area (Å²) < 4.78 is 15.1. The zero-order valence-electron chi connectivity index (χ0n) is 19.2. The second-order valence-corrected chi connectivity index (χ2v) is 9.25. The number of rotatable bonds is 6. The van der Waals surface area contributed by atoms with E-state index in [9.17, 15) is 14.0 Å². The largest absolute Gasteiger partial charge is 0.352 e. The van der Waals surface area contributed by atoms with Gasteiger partial charge < -0.3 is 5.32 Å². The third kappa shape index (κ3) is 4.94. The van der Waals surface area contributed by atoms with Gasteiger partial charge in [-0.05, 0) is 49.1 Å². The number of aromatic nitrogens is 2. The Kier molecular flexibility index (Phi) is 6.54. The van der Waals surface area contributed by atoms with Crippen LogP contribution in [0.4, 0.5) is 4.39 Å². The van der Waals surface area contributed by atoms with Crippen LogP contribution in [0.1, 0.15) is 42.5 Å². The molecule has 2 heterocycles. The quantitative estimate of drug-likeness (QED) is 0.610. The first-order chi connectivity index (χ1) is 16.6. The number of carbonyl (C=O) groups excluding carboxylic acids is 1. The minimum Gasteiger partial charge on any atom is -0.352 e. The summed E-state index contributed by atoms with van der Waals surface area (Å²) in [6.45, 7) is 2.00. The molecule has 0 saturated heterocycles. The Morgan fingerprint density at radius 2 is 1.79 bits per heavy atom. The van der Waals surface area contributed by atoms with Gasteiger partial charge in [0.2, 0.25) is 5.91 Å². The fraction of sp³-hybridized carbons (Fsp3) is 0.370. The molecule has 0 atom stereocenters. The molecule has 1 aliphatic carbocycles. The minimum atomic E-state index is -0.358. The van der Waals surface area contributed by atoms with Gasteiger partial charge in [0.1, 0.15) is 18.2 Å². The van der Waals surface area contributed by atoms with Gasteiger partial charge in [-0.2, -0.15) is 0 Å². The first-order valence-corrected chi connectivity index (χ1v) is 12.0. The van der Waals surface area contributed by atoms with Crippen molar-refractivity contribution >= 4 is 5.91 Å². The predicted octanol–water partition coefficient (Wildman–Crippen LogP) is 3.67. The molecule has 1 fully saturated rings. The van der Waals surface area contributed by atoms with E-state index >= 15 is 0 Å². The molecule has 176 valence electrons. The summed E-state index contributed by atoms with van der Waals surface area (Å²) >= 11 is 0. The van der Waals surface area contributed by atoms with Crippen LogP contribution in [0.3, 0.4) is 0 Å². The molecular weight excluding hydrogens is 431 g/mol. The van der Waals surface area contributed by atoms with E-state index in [1.54, 1.807) is 12.1 Å². The van der Waals surface area contributed by atoms with Crippen LogP contribution in [0.15, 0.2) is 59.4 Å². The summed E-state index contributed by atoms with van der Waals surface area (Å²) in [5.74, 6) is -0.129. The van der Waals surface area contributed by atoms with Gasteiger partial charge in [-0.15, -0.1) is 0 Å². The zero-order chi connectivity index (χ0) is 23.5. The molecule has 0 bridgehead atoms. The summed E-state index contributed by atoms with van der Waals surface area (Å²) in [5, 5.41) is 3.06. The number of fused-ring (bicyclic) bond motifs is 1. The normalized spacial score (nSPS) is 16.4. The van der Waals surface area contributed by atoms with Crippen molar-refractivity contribution in [2.45, 2.75) is 57.8 Å². The Bertz CT molecular complexity index is 1220. The molecule has 0 unspecified atom stereocenters. The van der Waals surface area contributed by atoms with Gasteiger partial charge in [-0.3, -0.25) is 19.1 Å². The van der Waals surface area contributed by atoms with E-state index in [0.717, 1.165) is 44.5 Å². The number of benzene rings is 2. The van der Waals surface area contributed by atoms with Crippen molar-refractivity contribution in [3.05, 3.63) is 87.6 Å². The Labute approximate surface area is 198 Å². The smallest absolute Gasteiger partial charge is 0.257 e. The molecule has 0 spiro atoms. The van der Waals surface area contributed by atoms with Crippen LogP contribution in [0.25, 0.3) is 11.4 Å². The standard InChI is InChI=1S/C27H29FN4O2/c28-21-12-10-20(11-13-21)26-30-24-17-31(16-19-6-2-1-3-7-19)15-14-23(24)27(34)32(26)18-25(33)29-22-8-4-5-9-22/h1-3,6-7,10-13,22H,4-5,8-9,14-18H2,(H,29,33). The minimum absolute atomic E-state index is 0.0872. The molecule has 1 saturated carbocycles. The van der Waals surface area contributed by atoms with E-state index in [2.05, 4.69) is 22.3 Å². The average Bonchev–Trinajstić information content (AvgIpc) is 3.35. The molecule has 2 aliphatic rings. The first-order valence-electron chi connectivity index (χ1n) is 12.0. The monoisotopic (exact) mass is 460 g/mol. The van der Waals surface area contributed by atoms with Crippen LogP contribution >= 0.6 is 0 Å². The van der Waals surface area contributed by atoms with E-state index in [1.165, 1.54) is 22.3 Å². The number of nitrogens with zero attached hydrogens (tertiary/aromatic N) is 3. The van der Waals surface area contributed by atoms with Crippen molar-refractivity contribution < 1.29 is 9.18 Å². The molecule has 2 aromatic carbocycles. The number of amides is 1. The zero-order valence-corrected chi connectivity index (χ0v) is 19.2. The molecule has 34 heavy (non-hydrogen) atoms. The molecule has 5 rings (SSSR count). The van der Waals surface area contributed by atoms with Crippen molar-refractivity contribution in [1.82, 2.24) is 19.8 Å². The van der Waals surface area contributed by atoms with Crippen LogP contribution in [-0.4, -0.2) is 32.9 Å². The first kappa shape index (κ1) is 22.5. The highest BCUT2D eigenvalue weighted by molar-refractivity contribution is 5.77. The highest BCUT2D eigenvalue weighted by Gasteiger charge is 2.25. The van der Waals surface area contributed by atoms with Crippen molar-refractivity contribution in [1.29, 1.82) is 0 Å². The summed E-state index contributed by atoms with van der Waals surface area (Å²) in [7, 11) is 0. The summed E-state index contributed by atoms with van der Waals surface area (Å²) in [4.78, 5) is 33.5. The van der Waals surface area contributed by atoms with Crippen LogP contribution < -0.4 is 10.9 Å². The molecular formula is C27H29FN4O2. The molecule has 1 aliphatic heterocycles. The lowest BCUT2D eigenvalue weighted by Crippen LogP contribution is -2.41. The Morgan fingerprint density at radius 1 is 1.06 bits per heavy atom. The molecule has 3 aromatic rings. The lowest BCUT2D eigenvalue weighted by molar-refractivity contribution is -0.122. The van der Waals surface area contributed by atoms with Gasteiger partial charge in [0.25, 0.3) is 5.56 Å². The highest BCUT2D eigenvalue weighted by Crippen LogP contribution is 2.23. The molecule has 6 nitrogen and oxygen atoms in total. The van der Waals surface area contributed by atoms with Gasteiger partial charge in [-0.1, -0.05) is 43.2 Å². The van der Waals surface area contributed by atoms with Crippen LogP contribution in [0, 0.1) is 5.82 Å². The number of hydrogen-bond donors (Lipinski definition) is 1. The predicted molar refractivity (Wildman–Crippen MR) is 129 cm³/mol. The number of carbonyl (C=O) groups is 1. The van der Waals surface area contributed by atoms with Gasteiger partial charge in [0.15, 0.2) is 0 Å². The maximum Gasteiger partial charge on any atom is 0.257 e. The fourth-order valence-corrected chi connectivity index (χ4v) is 5.01. The highest BCUT2D eigenvalue weighted by atomic mass is 19.1. The lowest BCUT2D eigenvalue weighted by Gasteiger charge is -2.29. The van der Waals surface area contributed by atoms with E-state index in [4.69, 9.17) is 4.98 Å². The van der Waals surface area contributed by atoms with Gasteiger partial charge in [0, 0.05) is 36.8 Å². The second kappa shape index (κ2) is 9.89. The van der Waals surface area contributed by atoms with Crippen molar-refractivity contribution in [3.8, 4) is 11.4 Å². The molecule has 1 N–H and O–H groups in total. The van der Waals surface area contributed by atoms with Gasteiger partial charge >= 0.3 is 0 Å². The molecule has 1 aromatic heterocycles. The van der Waals surface area contributed by atoms with Crippen LogP contribution in [-0.2, 0) is 30.8 Å². The number of halogens is 1. The lowest BCUT2D eigenvalue weighted by atomic mass is 10.0. The third-order valence-corrected chi connectivity index (χ3v) is 6.77. The van der Waals surface area contributed by atoms with E-state index in [0.29, 0.717) is 29.9 Å². The number of nitrogens with one attached hydrogen (secondary N) is 1. The van der Waals surface area contributed by atoms with Crippen molar-refractivity contribution in [2.24, 2.45) is 0 Å². The maximum atomic E-state index is 13.6. The van der Waals surface area contributed by atoms with E-state index in [1.807, 2.05) is 18.2 Å². The van der Waals surface area contributed by atoms with Gasteiger partial charge in [-0.25, -0.2) is 9.37 Å².